The molecule has 0 saturated carbocycles. The van der Waals surface area contributed by atoms with Gasteiger partial charge in [0.1, 0.15) is 11.5 Å². The third-order valence-corrected chi connectivity index (χ3v) is 5.20. The fourth-order valence-corrected chi connectivity index (χ4v) is 3.64. The standard InChI is InChI=1S/C22H22FN5O2/c1-2-17(12-29)28-13-26-21(14-3-6-16(23)7-4-14)22(28)15-5-8-20-25-10-18(9-19(24)30)27(20)11-15/h3-8,10-11,13,17,29H,2,9,12H2,1H3,(H2,24,30). The van der Waals surface area contributed by atoms with Crippen LogP contribution in [0.1, 0.15) is 25.1 Å². The molecule has 0 saturated heterocycles. The van der Waals surface area contributed by atoms with Gasteiger partial charge in [-0.05, 0) is 42.8 Å². The monoisotopic (exact) mass is 407 g/mol. The van der Waals surface area contributed by atoms with Gasteiger partial charge in [-0.25, -0.2) is 14.4 Å². The second kappa shape index (κ2) is 8.08. The molecule has 0 fully saturated rings. The highest BCUT2D eigenvalue weighted by atomic mass is 19.1. The molecule has 3 N–H and O–H groups in total. The number of primary amides is 1. The first-order valence-electron chi connectivity index (χ1n) is 9.70. The van der Waals surface area contributed by atoms with Crippen molar-refractivity contribution in [2.75, 3.05) is 6.61 Å². The van der Waals surface area contributed by atoms with Gasteiger partial charge in [0, 0.05) is 23.5 Å². The van der Waals surface area contributed by atoms with Crippen LogP contribution in [-0.2, 0) is 11.2 Å². The summed E-state index contributed by atoms with van der Waals surface area (Å²) in [5, 5.41) is 9.88. The molecule has 0 bridgehead atoms. The van der Waals surface area contributed by atoms with Crippen molar-refractivity contribution in [3.63, 3.8) is 0 Å². The van der Waals surface area contributed by atoms with Crippen LogP contribution in [0.25, 0.3) is 28.2 Å². The van der Waals surface area contributed by atoms with E-state index in [1.54, 1.807) is 24.7 Å². The van der Waals surface area contributed by atoms with Gasteiger partial charge in [0.2, 0.25) is 5.91 Å². The molecule has 0 aliphatic carbocycles. The predicted octanol–water partition coefficient (Wildman–Crippen LogP) is 2.98. The van der Waals surface area contributed by atoms with Crippen LogP contribution in [0, 0.1) is 5.82 Å². The maximum Gasteiger partial charge on any atom is 0.223 e. The lowest BCUT2D eigenvalue weighted by atomic mass is 10.0. The Balaban J connectivity index is 1.92. The van der Waals surface area contributed by atoms with E-state index in [2.05, 4.69) is 9.97 Å². The molecule has 4 rings (SSSR count). The highest BCUT2D eigenvalue weighted by molar-refractivity contribution is 5.79. The maximum atomic E-state index is 13.4. The van der Waals surface area contributed by atoms with E-state index in [1.807, 2.05) is 34.2 Å². The van der Waals surface area contributed by atoms with Crippen LogP contribution < -0.4 is 5.73 Å². The van der Waals surface area contributed by atoms with Gasteiger partial charge in [0.15, 0.2) is 0 Å². The Morgan fingerprint density at radius 1 is 1.17 bits per heavy atom. The highest BCUT2D eigenvalue weighted by Gasteiger charge is 2.20. The maximum absolute atomic E-state index is 13.4. The molecule has 1 atom stereocenters. The molecule has 3 aromatic heterocycles. The van der Waals surface area contributed by atoms with Gasteiger partial charge in [-0.1, -0.05) is 6.92 Å². The zero-order valence-corrected chi connectivity index (χ0v) is 16.5. The van der Waals surface area contributed by atoms with E-state index in [-0.39, 0.29) is 24.9 Å². The van der Waals surface area contributed by atoms with Crippen LogP contribution in [0.4, 0.5) is 4.39 Å². The highest BCUT2D eigenvalue weighted by Crippen LogP contribution is 2.34. The summed E-state index contributed by atoms with van der Waals surface area (Å²) in [7, 11) is 0. The minimum absolute atomic E-state index is 0.0387. The van der Waals surface area contributed by atoms with E-state index >= 15 is 0 Å². The Hall–Kier alpha value is -3.52. The number of benzene rings is 1. The number of halogens is 1. The summed E-state index contributed by atoms with van der Waals surface area (Å²) >= 11 is 0. The van der Waals surface area contributed by atoms with Gasteiger partial charge in [-0.15, -0.1) is 0 Å². The molecule has 1 amide bonds. The Kier molecular flexibility index (Phi) is 5.33. The fourth-order valence-electron chi connectivity index (χ4n) is 3.64. The van der Waals surface area contributed by atoms with Crippen molar-refractivity contribution in [2.45, 2.75) is 25.8 Å². The van der Waals surface area contributed by atoms with E-state index in [4.69, 9.17) is 5.73 Å². The van der Waals surface area contributed by atoms with Gasteiger partial charge in [0.25, 0.3) is 0 Å². The number of aromatic nitrogens is 4. The van der Waals surface area contributed by atoms with Gasteiger partial charge in [-0.3, -0.25) is 4.79 Å². The lowest BCUT2D eigenvalue weighted by molar-refractivity contribution is -0.117. The molecule has 1 aromatic carbocycles. The van der Waals surface area contributed by atoms with E-state index < -0.39 is 5.91 Å². The zero-order valence-electron chi connectivity index (χ0n) is 16.5. The van der Waals surface area contributed by atoms with Crippen molar-refractivity contribution in [1.82, 2.24) is 18.9 Å². The quantitative estimate of drug-likeness (QED) is 0.492. The number of nitrogens with two attached hydrogens (primary N) is 1. The topological polar surface area (TPSA) is 98.4 Å². The number of hydrogen-bond acceptors (Lipinski definition) is 4. The largest absolute Gasteiger partial charge is 0.394 e. The van der Waals surface area contributed by atoms with Crippen molar-refractivity contribution < 1.29 is 14.3 Å². The summed E-state index contributed by atoms with van der Waals surface area (Å²) in [6.07, 6.45) is 5.99. The van der Waals surface area contributed by atoms with E-state index in [1.165, 1.54) is 12.1 Å². The van der Waals surface area contributed by atoms with Gasteiger partial charge in [-0.2, -0.15) is 0 Å². The summed E-state index contributed by atoms with van der Waals surface area (Å²) in [5.41, 5.74) is 9.81. The third-order valence-electron chi connectivity index (χ3n) is 5.20. The molecule has 4 aromatic rings. The number of pyridine rings is 1. The molecule has 8 heteroatoms. The average Bonchev–Trinajstić information content (AvgIpc) is 3.34. The molecule has 0 aliphatic rings. The molecule has 7 nitrogen and oxygen atoms in total. The van der Waals surface area contributed by atoms with Gasteiger partial charge >= 0.3 is 0 Å². The number of hydrogen-bond donors (Lipinski definition) is 2. The number of carbonyl (C=O) groups is 1. The predicted molar refractivity (Wildman–Crippen MR) is 111 cm³/mol. The smallest absolute Gasteiger partial charge is 0.223 e. The van der Waals surface area contributed by atoms with Crippen molar-refractivity contribution in [3.05, 3.63) is 66.6 Å². The Morgan fingerprint density at radius 3 is 2.57 bits per heavy atom. The normalized spacial score (nSPS) is 12.4. The average molecular weight is 407 g/mol. The number of fused-ring (bicyclic) bond motifs is 1. The van der Waals surface area contributed by atoms with Gasteiger partial charge in [0.05, 0.1) is 42.5 Å². The first-order valence-corrected chi connectivity index (χ1v) is 9.70. The number of nitrogens with zero attached hydrogens (tertiary/aromatic N) is 4. The number of aliphatic hydroxyl groups excluding tert-OH is 1. The molecule has 1 unspecified atom stereocenters. The van der Waals surface area contributed by atoms with Crippen molar-refractivity contribution >= 4 is 11.6 Å². The second-order valence-corrected chi connectivity index (χ2v) is 7.14. The lowest BCUT2D eigenvalue weighted by Gasteiger charge is -2.18. The molecule has 3 heterocycles. The van der Waals surface area contributed by atoms with Crippen LogP contribution in [0.5, 0.6) is 0 Å². The fraction of sp³-hybridized carbons (Fsp3) is 0.227. The first kappa shape index (κ1) is 19.8. The summed E-state index contributed by atoms with van der Waals surface area (Å²) in [6.45, 7) is 1.95. The third kappa shape index (κ3) is 3.57. The van der Waals surface area contributed by atoms with Gasteiger partial charge < -0.3 is 19.8 Å². The Labute approximate surface area is 172 Å². The van der Waals surface area contributed by atoms with Crippen molar-refractivity contribution in [1.29, 1.82) is 0 Å². The van der Waals surface area contributed by atoms with E-state index in [9.17, 15) is 14.3 Å². The van der Waals surface area contributed by atoms with Crippen molar-refractivity contribution in [2.24, 2.45) is 5.73 Å². The zero-order chi connectivity index (χ0) is 21.3. The first-order chi connectivity index (χ1) is 14.5. The van der Waals surface area contributed by atoms with Crippen LogP contribution >= 0.6 is 0 Å². The lowest BCUT2D eigenvalue weighted by Crippen LogP contribution is -2.15. The molecule has 154 valence electrons. The number of imidazole rings is 2. The molecule has 30 heavy (non-hydrogen) atoms. The minimum Gasteiger partial charge on any atom is -0.394 e. The summed E-state index contributed by atoms with van der Waals surface area (Å²) in [6, 6.07) is 9.76. The number of amides is 1. The van der Waals surface area contributed by atoms with E-state index in [0.717, 1.165) is 16.8 Å². The Morgan fingerprint density at radius 2 is 1.90 bits per heavy atom. The summed E-state index contributed by atoms with van der Waals surface area (Å²) in [4.78, 5) is 20.3. The number of rotatable bonds is 7. The van der Waals surface area contributed by atoms with Crippen LogP contribution in [0.2, 0.25) is 0 Å². The molecular weight excluding hydrogens is 385 g/mol. The summed E-state index contributed by atoms with van der Waals surface area (Å²) < 4.78 is 17.2. The molecule has 0 radical (unpaired) electrons. The van der Waals surface area contributed by atoms with Crippen LogP contribution in [0.15, 0.2) is 55.1 Å². The number of carbonyl (C=O) groups excluding carboxylic acids is 1. The molecule has 0 spiro atoms. The Bertz CT molecular complexity index is 1190. The minimum atomic E-state index is -0.439. The molecule has 0 aliphatic heterocycles. The van der Waals surface area contributed by atoms with Crippen molar-refractivity contribution in [3.8, 4) is 22.5 Å². The van der Waals surface area contributed by atoms with Crippen LogP contribution in [-0.4, -0.2) is 36.6 Å². The van der Waals surface area contributed by atoms with E-state index in [0.29, 0.717) is 23.5 Å². The van der Waals surface area contributed by atoms with Crippen LogP contribution in [0.3, 0.4) is 0 Å². The summed E-state index contributed by atoms with van der Waals surface area (Å²) in [5.74, 6) is -0.761. The number of aliphatic hydroxyl groups is 1. The second-order valence-electron chi connectivity index (χ2n) is 7.14. The SMILES string of the molecule is CCC(CO)n1cnc(-c2ccc(F)cc2)c1-c1ccc2ncc(CC(N)=O)n2c1. The molecular formula is C22H22FN5O2.